The maximum Gasteiger partial charge on any atom is 0.430 e. The number of carbonyl (C=O) groups is 2. The van der Waals surface area contributed by atoms with E-state index in [1.165, 1.54) is 0 Å². The molecule has 0 aliphatic heterocycles. The molecule has 0 fully saturated rings. The first-order valence-corrected chi connectivity index (χ1v) is 3.46. The van der Waals surface area contributed by atoms with Crippen LogP contribution < -0.4 is 0 Å². The Morgan fingerprint density at radius 1 is 0.938 bits per heavy atom. The van der Waals surface area contributed by atoms with Gasteiger partial charge in [-0.05, 0) is 0 Å². The summed E-state index contributed by atoms with van der Waals surface area (Å²) in [4.78, 5) is 20.4. The molecule has 10 heteroatoms. The first-order valence-electron chi connectivity index (χ1n) is 3.46. The van der Waals surface area contributed by atoms with Gasteiger partial charge in [0.2, 0.25) is 0 Å². The molecule has 2 atom stereocenters. The highest BCUT2D eigenvalue weighted by Gasteiger charge is 2.48. The molecule has 0 radical (unpaired) electrons. The van der Waals surface area contributed by atoms with Crippen molar-refractivity contribution in [2.75, 3.05) is 0 Å². The molecule has 94 valence electrons. The molecule has 0 aliphatic rings. The Balaban J connectivity index is 4.42. The van der Waals surface area contributed by atoms with Crippen LogP contribution in [0.1, 0.15) is 0 Å². The molecule has 0 aromatic carbocycles. The van der Waals surface area contributed by atoms with Gasteiger partial charge < -0.3 is 4.74 Å². The van der Waals surface area contributed by atoms with Gasteiger partial charge in [0.25, 0.3) is 18.8 Å². The molecular weight excluding hydrogens is 253 g/mol. The lowest BCUT2D eigenvalue weighted by atomic mass is 10.3. The predicted molar refractivity (Wildman–Crippen MR) is 33.0 cm³/mol. The first-order chi connectivity index (χ1) is 7.07. The fourth-order valence-electron chi connectivity index (χ4n) is 0.444. The second-order valence-corrected chi connectivity index (χ2v) is 2.38. The van der Waals surface area contributed by atoms with Crippen molar-refractivity contribution < 1.29 is 45.1 Å². The molecule has 0 N–H and O–H groups in total. The van der Waals surface area contributed by atoms with Crippen LogP contribution in [0.2, 0.25) is 0 Å². The van der Waals surface area contributed by atoms with Gasteiger partial charge in [-0.1, -0.05) is 0 Å². The van der Waals surface area contributed by atoms with Crippen molar-refractivity contribution in [1.29, 1.82) is 0 Å². The van der Waals surface area contributed by atoms with Crippen molar-refractivity contribution in [3.05, 3.63) is 0 Å². The van der Waals surface area contributed by atoms with E-state index in [1.807, 2.05) is 0 Å². The van der Waals surface area contributed by atoms with Crippen LogP contribution in [0, 0.1) is 0 Å². The SMILES string of the molecule is O=C(OC(=O)C(F)C(F)(F)F)C(F)C(F)F. The number of alkyl halides is 7. The van der Waals surface area contributed by atoms with E-state index in [-0.39, 0.29) is 0 Å². The number of rotatable bonds is 3. The van der Waals surface area contributed by atoms with Crippen LogP contribution in [-0.2, 0) is 14.3 Å². The molecule has 0 bridgehead atoms. The molecule has 0 heterocycles. The topological polar surface area (TPSA) is 43.4 Å². The molecular formula is C6H3F7O3. The quantitative estimate of drug-likeness (QED) is 0.437. The van der Waals surface area contributed by atoms with Gasteiger partial charge in [-0.3, -0.25) is 0 Å². The molecule has 0 amide bonds. The second kappa shape index (κ2) is 5.12. The second-order valence-electron chi connectivity index (χ2n) is 2.38. The van der Waals surface area contributed by atoms with E-state index in [1.54, 1.807) is 0 Å². The molecule has 0 aromatic heterocycles. The molecule has 16 heavy (non-hydrogen) atoms. The standard InChI is InChI=1S/C6H3F7O3/c7-1(3(9)10)4(14)16-5(15)2(8)6(11,12)13/h1-3H. The zero-order valence-electron chi connectivity index (χ0n) is 7.10. The van der Waals surface area contributed by atoms with Gasteiger partial charge in [-0.25, -0.2) is 27.2 Å². The van der Waals surface area contributed by atoms with E-state index in [0.29, 0.717) is 0 Å². The maximum absolute atomic E-state index is 12.1. The van der Waals surface area contributed by atoms with E-state index in [2.05, 4.69) is 4.74 Å². The minimum atomic E-state index is -5.66. The van der Waals surface area contributed by atoms with Gasteiger partial charge in [-0.2, -0.15) is 13.2 Å². The molecule has 0 aromatic rings. The van der Waals surface area contributed by atoms with Crippen molar-refractivity contribution in [2.24, 2.45) is 0 Å². The highest BCUT2D eigenvalue weighted by atomic mass is 19.4. The number of carbonyl (C=O) groups excluding carboxylic acids is 2. The van der Waals surface area contributed by atoms with E-state index < -0.39 is 36.9 Å². The number of ether oxygens (including phenoxy) is 1. The van der Waals surface area contributed by atoms with Crippen molar-refractivity contribution in [2.45, 2.75) is 24.9 Å². The molecule has 0 spiro atoms. The Hall–Kier alpha value is -1.35. The molecule has 0 aliphatic carbocycles. The van der Waals surface area contributed by atoms with Gasteiger partial charge in [0.15, 0.2) is 0 Å². The van der Waals surface area contributed by atoms with Crippen LogP contribution in [-0.4, -0.2) is 36.9 Å². The third-order valence-corrected chi connectivity index (χ3v) is 1.14. The van der Waals surface area contributed by atoms with E-state index >= 15 is 0 Å². The lowest BCUT2D eigenvalue weighted by molar-refractivity contribution is -0.203. The van der Waals surface area contributed by atoms with E-state index in [4.69, 9.17) is 0 Å². The van der Waals surface area contributed by atoms with Crippen molar-refractivity contribution in [1.82, 2.24) is 0 Å². The maximum atomic E-state index is 12.1. The monoisotopic (exact) mass is 256 g/mol. The Kier molecular flexibility index (Phi) is 4.69. The van der Waals surface area contributed by atoms with E-state index in [9.17, 15) is 40.3 Å². The fraction of sp³-hybridized carbons (Fsp3) is 0.667. The van der Waals surface area contributed by atoms with Crippen molar-refractivity contribution >= 4 is 11.9 Å². The zero-order valence-corrected chi connectivity index (χ0v) is 7.10. The summed E-state index contributed by atoms with van der Waals surface area (Å²) >= 11 is 0. The Labute approximate surface area is 83.2 Å². The van der Waals surface area contributed by atoms with Crippen LogP contribution in [0.15, 0.2) is 0 Å². The molecule has 3 nitrogen and oxygen atoms in total. The summed E-state index contributed by atoms with van der Waals surface area (Å²) in [6.07, 6.45) is -17.3. The lowest BCUT2D eigenvalue weighted by Gasteiger charge is -2.11. The van der Waals surface area contributed by atoms with Gasteiger partial charge in [0, 0.05) is 0 Å². The van der Waals surface area contributed by atoms with Gasteiger partial charge in [-0.15, -0.1) is 0 Å². The van der Waals surface area contributed by atoms with E-state index in [0.717, 1.165) is 0 Å². The summed E-state index contributed by atoms with van der Waals surface area (Å²) in [5.41, 5.74) is 0. The van der Waals surface area contributed by atoms with Gasteiger partial charge in [0.05, 0.1) is 0 Å². The van der Waals surface area contributed by atoms with Gasteiger partial charge in [0.1, 0.15) is 0 Å². The molecule has 0 saturated heterocycles. The number of halogens is 7. The summed E-state index contributed by atoms with van der Waals surface area (Å²) in [6.45, 7) is 0. The summed E-state index contributed by atoms with van der Waals surface area (Å²) in [5, 5.41) is 0. The Morgan fingerprint density at radius 3 is 1.69 bits per heavy atom. The first kappa shape index (κ1) is 14.7. The van der Waals surface area contributed by atoms with Crippen LogP contribution >= 0.6 is 0 Å². The lowest BCUT2D eigenvalue weighted by Crippen LogP contribution is -2.38. The van der Waals surface area contributed by atoms with Crippen LogP contribution in [0.3, 0.4) is 0 Å². The zero-order chi connectivity index (χ0) is 13.1. The minimum absolute atomic E-state index is 2.58. The Bertz CT molecular complexity index is 274. The average Bonchev–Trinajstić information content (AvgIpc) is 2.13. The van der Waals surface area contributed by atoms with Crippen LogP contribution in [0.5, 0.6) is 0 Å². The average molecular weight is 256 g/mol. The van der Waals surface area contributed by atoms with Gasteiger partial charge >= 0.3 is 18.1 Å². The summed E-state index contributed by atoms with van der Waals surface area (Å²) in [6, 6.07) is 0. The third kappa shape index (κ3) is 4.03. The largest absolute Gasteiger partial charge is 0.430 e. The third-order valence-electron chi connectivity index (χ3n) is 1.14. The van der Waals surface area contributed by atoms with Crippen molar-refractivity contribution in [3.8, 4) is 0 Å². The minimum Gasteiger partial charge on any atom is -0.388 e. The molecule has 0 rings (SSSR count). The normalized spacial score (nSPS) is 15.8. The summed E-state index contributed by atoms with van der Waals surface area (Å²) in [7, 11) is 0. The van der Waals surface area contributed by atoms with Crippen LogP contribution in [0.4, 0.5) is 30.7 Å². The highest BCUT2D eigenvalue weighted by molar-refractivity contribution is 5.90. The fourth-order valence-corrected chi connectivity index (χ4v) is 0.444. The predicted octanol–water partition coefficient (Wildman–Crippen LogP) is 1.56. The van der Waals surface area contributed by atoms with Crippen molar-refractivity contribution in [3.63, 3.8) is 0 Å². The molecule has 2 unspecified atom stereocenters. The summed E-state index contributed by atoms with van der Waals surface area (Å²) in [5.74, 6) is -5.37. The smallest absolute Gasteiger partial charge is 0.388 e. The summed E-state index contributed by atoms with van der Waals surface area (Å²) < 4.78 is 84.4. The number of hydrogen-bond acceptors (Lipinski definition) is 3. The Morgan fingerprint density at radius 2 is 1.38 bits per heavy atom. The number of esters is 2. The number of hydrogen-bond donors (Lipinski definition) is 0. The highest BCUT2D eigenvalue weighted by Crippen LogP contribution is 2.24. The van der Waals surface area contributed by atoms with Crippen LogP contribution in [0.25, 0.3) is 0 Å². The molecule has 0 saturated carbocycles.